The van der Waals surface area contributed by atoms with Crippen LogP contribution in [0.2, 0.25) is 0 Å². The van der Waals surface area contributed by atoms with Gasteiger partial charge in [0.1, 0.15) is 6.04 Å². The molecule has 0 spiro atoms. The summed E-state index contributed by atoms with van der Waals surface area (Å²) < 4.78 is 3.13. The molecule has 2 fully saturated rings. The minimum absolute atomic E-state index is 0.232. The summed E-state index contributed by atoms with van der Waals surface area (Å²) in [4.78, 5) is 41.7. The number of piperidine rings is 1. The SMILES string of the molecule is CNCCCN1CCN(c2ccc3c(c2)n(C)c(=O)n3C2CCC(=O)NC2=O)C[C@H]1C. The van der Waals surface area contributed by atoms with Crippen LogP contribution in [-0.2, 0) is 16.6 Å². The van der Waals surface area contributed by atoms with Crippen LogP contribution in [0, 0.1) is 0 Å². The maximum Gasteiger partial charge on any atom is 0.329 e. The molecular weight excluding hydrogens is 396 g/mol. The zero-order chi connectivity index (χ0) is 22.1. The van der Waals surface area contributed by atoms with Crippen LogP contribution in [0.1, 0.15) is 32.2 Å². The van der Waals surface area contributed by atoms with Crippen LogP contribution in [0.3, 0.4) is 0 Å². The van der Waals surface area contributed by atoms with Crippen molar-refractivity contribution in [3.8, 4) is 0 Å². The van der Waals surface area contributed by atoms with E-state index in [1.165, 1.54) is 4.57 Å². The first-order valence-corrected chi connectivity index (χ1v) is 11.1. The number of carbonyl (C=O) groups is 2. The summed E-state index contributed by atoms with van der Waals surface area (Å²) in [5.41, 5.74) is 2.38. The van der Waals surface area contributed by atoms with Crippen LogP contribution in [-0.4, -0.2) is 71.7 Å². The van der Waals surface area contributed by atoms with Gasteiger partial charge in [0, 0.05) is 44.8 Å². The van der Waals surface area contributed by atoms with Gasteiger partial charge >= 0.3 is 5.69 Å². The highest BCUT2D eigenvalue weighted by Crippen LogP contribution is 2.27. The highest BCUT2D eigenvalue weighted by atomic mass is 16.2. The molecule has 2 atom stereocenters. The van der Waals surface area contributed by atoms with Crippen molar-refractivity contribution in [1.82, 2.24) is 24.7 Å². The normalized spacial score (nSPS) is 22.9. The van der Waals surface area contributed by atoms with Crippen LogP contribution in [0.15, 0.2) is 23.0 Å². The predicted octanol–water partition coefficient (Wildman–Crippen LogP) is 0.438. The van der Waals surface area contributed by atoms with Crippen molar-refractivity contribution in [2.45, 2.75) is 38.3 Å². The summed E-state index contributed by atoms with van der Waals surface area (Å²) >= 11 is 0. The number of hydrogen-bond donors (Lipinski definition) is 2. The maximum atomic E-state index is 13.0. The zero-order valence-corrected chi connectivity index (χ0v) is 18.6. The molecule has 0 bridgehead atoms. The van der Waals surface area contributed by atoms with Crippen LogP contribution in [0.4, 0.5) is 5.69 Å². The first kappa shape index (κ1) is 21.6. The lowest BCUT2D eigenvalue weighted by atomic mass is 10.1. The Morgan fingerprint density at radius 2 is 1.97 bits per heavy atom. The number of aryl methyl sites for hydroxylation is 1. The molecule has 2 aromatic rings. The van der Waals surface area contributed by atoms with E-state index in [0.29, 0.717) is 12.5 Å². The average molecular weight is 429 g/mol. The van der Waals surface area contributed by atoms with Crippen molar-refractivity contribution in [2.75, 3.05) is 44.7 Å². The van der Waals surface area contributed by atoms with Gasteiger partial charge in [-0.25, -0.2) is 4.79 Å². The molecule has 0 aliphatic carbocycles. The number of amides is 2. The maximum absolute atomic E-state index is 13.0. The van der Waals surface area contributed by atoms with Gasteiger partial charge in [0.25, 0.3) is 0 Å². The third-order valence-electron chi connectivity index (χ3n) is 6.60. The molecule has 0 radical (unpaired) electrons. The summed E-state index contributed by atoms with van der Waals surface area (Å²) in [7, 11) is 3.72. The van der Waals surface area contributed by atoms with Gasteiger partial charge in [0.05, 0.1) is 11.0 Å². The lowest BCUT2D eigenvalue weighted by molar-refractivity contribution is -0.135. The molecule has 0 saturated carbocycles. The van der Waals surface area contributed by atoms with E-state index < -0.39 is 11.9 Å². The number of rotatable bonds is 6. The number of aromatic nitrogens is 2. The van der Waals surface area contributed by atoms with Gasteiger partial charge in [-0.2, -0.15) is 0 Å². The number of anilines is 1. The summed E-state index contributed by atoms with van der Waals surface area (Å²) in [6, 6.07) is 5.81. The fourth-order valence-corrected chi connectivity index (χ4v) is 4.80. The molecule has 168 valence electrons. The highest BCUT2D eigenvalue weighted by Gasteiger charge is 2.31. The average Bonchev–Trinajstić information content (AvgIpc) is 2.99. The number of nitrogens with zero attached hydrogens (tertiary/aromatic N) is 4. The molecule has 1 unspecified atom stereocenters. The molecule has 31 heavy (non-hydrogen) atoms. The van der Waals surface area contributed by atoms with Gasteiger partial charge in [-0.15, -0.1) is 0 Å². The molecule has 2 aliphatic rings. The quantitative estimate of drug-likeness (QED) is 0.513. The van der Waals surface area contributed by atoms with Crippen LogP contribution < -0.4 is 21.2 Å². The lowest BCUT2D eigenvalue weighted by Gasteiger charge is -2.41. The van der Waals surface area contributed by atoms with E-state index in [9.17, 15) is 14.4 Å². The minimum atomic E-state index is -0.652. The van der Waals surface area contributed by atoms with Crippen LogP contribution in [0.25, 0.3) is 11.0 Å². The molecule has 1 aromatic carbocycles. The van der Waals surface area contributed by atoms with E-state index in [2.05, 4.69) is 27.4 Å². The number of imidazole rings is 1. The van der Waals surface area contributed by atoms with Gasteiger partial charge in [0.2, 0.25) is 11.8 Å². The standard InChI is InChI=1S/C22H32N6O3/c1-15-14-27(12-11-26(15)10-4-9-23-2)16-5-6-17-19(13-16)25(3)22(31)28(17)18-7-8-20(29)24-21(18)30/h5-6,13,15,18,23H,4,7-12,14H2,1-3H3,(H,24,29,30)/t15-,18?/m1/s1. The molecule has 4 rings (SSSR count). The molecule has 1 aromatic heterocycles. The second-order valence-electron chi connectivity index (χ2n) is 8.64. The molecule has 9 heteroatoms. The number of hydrogen-bond acceptors (Lipinski definition) is 6. The van der Waals surface area contributed by atoms with Gasteiger partial charge in [0.15, 0.2) is 0 Å². The lowest BCUT2D eigenvalue weighted by Crippen LogP contribution is -2.52. The zero-order valence-electron chi connectivity index (χ0n) is 18.6. The van der Waals surface area contributed by atoms with E-state index in [-0.39, 0.29) is 18.0 Å². The number of benzene rings is 1. The molecule has 3 heterocycles. The van der Waals surface area contributed by atoms with Crippen molar-refractivity contribution in [3.05, 3.63) is 28.7 Å². The molecule has 2 aliphatic heterocycles. The first-order chi connectivity index (χ1) is 14.9. The molecule has 2 amide bonds. The second kappa shape index (κ2) is 8.84. The summed E-state index contributed by atoms with van der Waals surface area (Å²) in [5, 5.41) is 5.56. The Morgan fingerprint density at radius 1 is 1.16 bits per heavy atom. The Balaban J connectivity index is 1.57. The molecule has 2 N–H and O–H groups in total. The Morgan fingerprint density at radius 3 is 2.68 bits per heavy atom. The third-order valence-corrected chi connectivity index (χ3v) is 6.60. The minimum Gasteiger partial charge on any atom is -0.369 e. The van der Waals surface area contributed by atoms with Crippen molar-refractivity contribution >= 4 is 28.5 Å². The van der Waals surface area contributed by atoms with Crippen molar-refractivity contribution < 1.29 is 9.59 Å². The van der Waals surface area contributed by atoms with Crippen molar-refractivity contribution in [2.24, 2.45) is 7.05 Å². The van der Waals surface area contributed by atoms with Crippen LogP contribution >= 0.6 is 0 Å². The monoisotopic (exact) mass is 428 g/mol. The van der Waals surface area contributed by atoms with Crippen molar-refractivity contribution in [3.63, 3.8) is 0 Å². The topological polar surface area (TPSA) is 91.6 Å². The van der Waals surface area contributed by atoms with Gasteiger partial charge in [-0.05, 0) is 58.1 Å². The highest BCUT2D eigenvalue weighted by molar-refractivity contribution is 6.00. The molecule has 9 nitrogen and oxygen atoms in total. The number of carbonyl (C=O) groups excluding carboxylic acids is 2. The summed E-state index contributed by atoms with van der Waals surface area (Å²) in [6.45, 7) is 7.28. The number of fused-ring (bicyclic) bond motifs is 1. The Bertz CT molecular complexity index is 1040. The summed E-state index contributed by atoms with van der Waals surface area (Å²) in [5.74, 6) is -0.686. The second-order valence-corrected chi connectivity index (χ2v) is 8.64. The number of imide groups is 1. The summed E-state index contributed by atoms with van der Waals surface area (Å²) in [6.07, 6.45) is 1.73. The van der Waals surface area contributed by atoms with Crippen molar-refractivity contribution in [1.29, 1.82) is 0 Å². The van der Waals surface area contributed by atoms with Gasteiger partial charge in [-0.3, -0.25) is 28.9 Å². The van der Waals surface area contributed by atoms with E-state index >= 15 is 0 Å². The Kier molecular flexibility index (Phi) is 6.15. The Hall–Kier alpha value is -2.65. The molecular formula is C22H32N6O3. The number of nitrogens with one attached hydrogen (secondary N) is 2. The smallest absolute Gasteiger partial charge is 0.329 e. The van der Waals surface area contributed by atoms with E-state index in [1.807, 2.05) is 25.2 Å². The van der Waals surface area contributed by atoms with Gasteiger partial charge < -0.3 is 10.2 Å². The fourth-order valence-electron chi connectivity index (χ4n) is 4.80. The fraction of sp³-hybridized carbons (Fsp3) is 0.591. The largest absolute Gasteiger partial charge is 0.369 e. The van der Waals surface area contributed by atoms with E-state index in [1.54, 1.807) is 11.6 Å². The van der Waals surface area contributed by atoms with E-state index in [4.69, 9.17) is 0 Å². The van der Waals surface area contributed by atoms with Crippen LogP contribution in [0.5, 0.6) is 0 Å². The first-order valence-electron chi connectivity index (χ1n) is 11.1. The van der Waals surface area contributed by atoms with Gasteiger partial charge in [-0.1, -0.05) is 0 Å². The third kappa shape index (κ3) is 4.12. The van der Waals surface area contributed by atoms with E-state index in [0.717, 1.165) is 55.9 Å². The predicted molar refractivity (Wildman–Crippen MR) is 120 cm³/mol. The number of piperazine rings is 1. The molecule has 2 saturated heterocycles. The Labute approximate surface area is 182 Å².